The van der Waals surface area contributed by atoms with Crippen molar-refractivity contribution in [2.24, 2.45) is 0 Å². The lowest BCUT2D eigenvalue weighted by atomic mass is 10.3. The Morgan fingerprint density at radius 1 is 1.53 bits per heavy atom. The van der Waals surface area contributed by atoms with E-state index in [1.165, 1.54) is 18.7 Å². The van der Waals surface area contributed by atoms with Gasteiger partial charge < -0.3 is 4.62 Å². The molecule has 1 atom stereocenters. The molecule has 1 aromatic rings. The van der Waals surface area contributed by atoms with E-state index in [1.54, 1.807) is 0 Å². The fourth-order valence-electron chi connectivity index (χ4n) is 0.970. The van der Waals surface area contributed by atoms with Crippen molar-refractivity contribution < 1.29 is 18.6 Å². The maximum absolute atomic E-state index is 11.3. The van der Waals surface area contributed by atoms with Crippen LogP contribution in [0.4, 0.5) is 0 Å². The van der Waals surface area contributed by atoms with Gasteiger partial charge in [-0.2, -0.15) is 4.73 Å². The standard InChI is InChI=1S/C8H15N2O4P/c1-2-3-4-7-13-15(11,12)14-10-6-5-9-8-10/h5-6,8H,2-4,7H2,1H3,(H,11,12). The van der Waals surface area contributed by atoms with Crippen molar-refractivity contribution in [1.82, 2.24) is 9.71 Å². The van der Waals surface area contributed by atoms with Gasteiger partial charge in [0.25, 0.3) is 0 Å². The number of hydrogen-bond donors (Lipinski definition) is 1. The third kappa shape index (κ3) is 4.97. The fraction of sp³-hybridized carbons (Fsp3) is 0.625. The monoisotopic (exact) mass is 234 g/mol. The summed E-state index contributed by atoms with van der Waals surface area (Å²) in [5.74, 6) is 0. The molecule has 7 heteroatoms. The molecule has 15 heavy (non-hydrogen) atoms. The molecule has 1 heterocycles. The SMILES string of the molecule is CCCCCOP(=O)(O)On1ccnc1. The Morgan fingerprint density at radius 2 is 2.33 bits per heavy atom. The highest BCUT2D eigenvalue weighted by Crippen LogP contribution is 2.39. The molecule has 0 aliphatic carbocycles. The number of phosphoric acid groups is 1. The molecule has 1 N–H and O–H groups in total. The van der Waals surface area contributed by atoms with Gasteiger partial charge >= 0.3 is 7.82 Å². The number of rotatable bonds is 7. The van der Waals surface area contributed by atoms with Gasteiger partial charge in [0.2, 0.25) is 0 Å². The summed E-state index contributed by atoms with van der Waals surface area (Å²) < 4.78 is 21.8. The highest BCUT2D eigenvalue weighted by Gasteiger charge is 2.22. The van der Waals surface area contributed by atoms with Gasteiger partial charge in [-0.15, -0.1) is 0 Å². The molecule has 6 nitrogen and oxygen atoms in total. The lowest BCUT2D eigenvalue weighted by molar-refractivity contribution is 0.135. The molecule has 86 valence electrons. The predicted molar refractivity (Wildman–Crippen MR) is 54.1 cm³/mol. The van der Waals surface area contributed by atoms with E-state index in [0.717, 1.165) is 24.0 Å². The van der Waals surface area contributed by atoms with Crippen molar-refractivity contribution in [2.75, 3.05) is 6.61 Å². The molecule has 0 fully saturated rings. The van der Waals surface area contributed by atoms with Crippen molar-refractivity contribution in [3.63, 3.8) is 0 Å². The van der Waals surface area contributed by atoms with Crippen LogP contribution in [0.25, 0.3) is 0 Å². The first-order valence-corrected chi connectivity index (χ1v) is 6.29. The van der Waals surface area contributed by atoms with Crippen LogP contribution < -0.4 is 4.62 Å². The summed E-state index contributed by atoms with van der Waals surface area (Å²) in [6.07, 6.45) is 6.87. The summed E-state index contributed by atoms with van der Waals surface area (Å²) in [6, 6.07) is 0. The maximum atomic E-state index is 11.3. The topological polar surface area (TPSA) is 73.6 Å². The Balaban J connectivity index is 2.29. The van der Waals surface area contributed by atoms with Gasteiger partial charge in [-0.25, -0.2) is 9.55 Å². The Labute approximate surface area is 88.4 Å². The second kappa shape index (κ2) is 5.90. The molecular weight excluding hydrogens is 219 g/mol. The van der Waals surface area contributed by atoms with Crippen molar-refractivity contribution in [3.05, 3.63) is 18.7 Å². The molecule has 0 aliphatic heterocycles. The van der Waals surface area contributed by atoms with Crippen molar-refractivity contribution >= 4 is 7.82 Å². The molecular formula is C8H15N2O4P. The summed E-state index contributed by atoms with van der Waals surface area (Å²) in [7, 11) is -4.00. The number of unbranched alkanes of at least 4 members (excludes halogenated alkanes) is 2. The second-order valence-corrected chi connectivity index (χ2v) is 4.37. The lowest BCUT2D eigenvalue weighted by Crippen LogP contribution is -2.09. The normalized spacial score (nSPS) is 14.8. The number of phosphoric ester groups is 1. The van der Waals surface area contributed by atoms with E-state index in [1.807, 2.05) is 6.92 Å². The lowest BCUT2D eigenvalue weighted by Gasteiger charge is -2.11. The van der Waals surface area contributed by atoms with E-state index in [4.69, 9.17) is 4.52 Å². The fourth-order valence-corrected chi connectivity index (χ4v) is 1.71. The third-order valence-corrected chi connectivity index (χ3v) is 2.58. The van der Waals surface area contributed by atoms with E-state index in [0.29, 0.717) is 0 Å². The average Bonchev–Trinajstić information content (AvgIpc) is 2.64. The highest BCUT2D eigenvalue weighted by atomic mass is 31.2. The van der Waals surface area contributed by atoms with Crippen LogP contribution in [0.1, 0.15) is 26.2 Å². The van der Waals surface area contributed by atoms with Gasteiger partial charge in [0.05, 0.1) is 12.8 Å². The van der Waals surface area contributed by atoms with Gasteiger partial charge in [0.1, 0.15) is 6.33 Å². The minimum atomic E-state index is -4.00. The van der Waals surface area contributed by atoms with E-state index in [9.17, 15) is 9.46 Å². The van der Waals surface area contributed by atoms with Crippen LogP contribution in [-0.4, -0.2) is 21.2 Å². The van der Waals surface area contributed by atoms with Crippen molar-refractivity contribution in [2.45, 2.75) is 26.2 Å². The van der Waals surface area contributed by atoms with E-state index in [-0.39, 0.29) is 6.61 Å². The minimum Gasteiger partial charge on any atom is -0.310 e. The summed E-state index contributed by atoms with van der Waals surface area (Å²) in [4.78, 5) is 12.9. The van der Waals surface area contributed by atoms with Gasteiger partial charge in [0.15, 0.2) is 0 Å². The molecule has 0 bridgehead atoms. The minimum absolute atomic E-state index is 0.219. The predicted octanol–water partition coefficient (Wildman–Crippen LogP) is 1.62. The second-order valence-electron chi connectivity index (χ2n) is 3.01. The van der Waals surface area contributed by atoms with Gasteiger partial charge in [0, 0.05) is 6.20 Å². The van der Waals surface area contributed by atoms with E-state index >= 15 is 0 Å². The molecule has 0 spiro atoms. The van der Waals surface area contributed by atoms with E-state index < -0.39 is 7.82 Å². The smallest absolute Gasteiger partial charge is 0.310 e. The Morgan fingerprint density at radius 3 is 2.93 bits per heavy atom. The van der Waals surface area contributed by atoms with Gasteiger partial charge in [-0.1, -0.05) is 19.8 Å². The zero-order valence-electron chi connectivity index (χ0n) is 8.57. The number of hydrogen-bond acceptors (Lipinski definition) is 4. The van der Waals surface area contributed by atoms with Gasteiger partial charge in [-0.05, 0) is 6.42 Å². The van der Waals surface area contributed by atoms with Crippen LogP contribution in [0.2, 0.25) is 0 Å². The third-order valence-electron chi connectivity index (χ3n) is 1.68. The van der Waals surface area contributed by atoms with Crippen LogP contribution in [0.3, 0.4) is 0 Å². The maximum Gasteiger partial charge on any atom is 0.546 e. The number of aromatic nitrogens is 2. The molecule has 0 aliphatic rings. The van der Waals surface area contributed by atoms with E-state index in [2.05, 4.69) is 9.61 Å². The first kappa shape index (κ1) is 12.2. The quantitative estimate of drug-likeness (QED) is 0.573. The molecule has 1 unspecified atom stereocenters. The average molecular weight is 234 g/mol. The highest BCUT2D eigenvalue weighted by molar-refractivity contribution is 7.47. The van der Waals surface area contributed by atoms with Crippen LogP contribution >= 0.6 is 7.82 Å². The zero-order chi connectivity index (χ0) is 11.1. The molecule has 0 radical (unpaired) electrons. The summed E-state index contributed by atoms with van der Waals surface area (Å²) in [6.45, 7) is 2.26. The van der Waals surface area contributed by atoms with Gasteiger partial charge in [-0.3, -0.25) is 9.42 Å². The Bertz CT molecular complexity index is 314. The number of imidazole rings is 1. The summed E-state index contributed by atoms with van der Waals surface area (Å²) in [5, 5.41) is 0. The molecule has 0 saturated carbocycles. The molecule has 0 aromatic carbocycles. The number of nitrogens with zero attached hydrogens (tertiary/aromatic N) is 2. The summed E-state index contributed by atoms with van der Waals surface area (Å²) >= 11 is 0. The Kier molecular flexibility index (Phi) is 4.81. The van der Waals surface area contributed by atoms with Crippen LogP contribution in [0.15, 0.2) is 18.7 Å². The largest absolute Gasteiger partial charge is 0.546 e. The molecule has 1 aromatic heterocycles. The molecule has 0 saturated heterocycles. The first-order valence-electron chi connectivity index (χ1n) is 4.79. The van der Waals surface area contributed by atoms with Crippen LogP contribution in [0, 0.1) is 0 Å². The van der Waals surface area contributed by atoms with Crippen molar-refractivity contribution in [3.8, 4) is 0 Å². The molecule has 1 rings (SSSR count). The first-order chi connectivity index (χ1) is 7.14. The van der Waals surface area contributed by atoms with Crippen LogP contribution in [-0.2, 0) is 9.09 Å². The zero-order valence-corrected chi connectivity index (χ0v) is 9.47. The Hall–Kier alpha value is -0.840. The van der Waals surface area contributed by atoms with Crippen LogP contribution in [0.5, 0.6) is 0 Å². The molecule has 0 amide bonds. The summed E-state index contributed by atoms with van der Waals surface area (Å²) in [5.41, 5.74) is 0. The van der Waals surface area contributed by atoms with Crippen molar-refractivity contribution in [1.29, 1.82) is 0 Å².